The summed E-state index contributed by atoms with van der Waals surface area (Å²) in [6.45, 7) is 4.09. The summed E-state index contributed by atoms with van der Waals surface area (Å²) in [6, 6.07) is 23.0. The molecule has 0 spiro atoms. The number of methoxy groups -OCH3 is 1. The predicted molar refractivity (Wildman–Crippen MR) is 159 cm³/mol. The highest BCUT2D eigenvalue weighted by atomic mass is 32.2. The van der Waals surface area contributed by atoms with Crippen molar-refractivity contribution in [2.24, 2.45) is 0 Å². The number of sulfonamides is 1. The first-order valence-corrected chi connectivity index (χ1v) is 15.3. The van der Waals surface area contributed by atoms with E-state index in [1.165, 1.54) is 4.90 Å². The summed E-state index contributed by atoms with van der Waals surface area (Å²) < 4.78 is 32.2. The topological polar surface area (TPSA) is 96.0 Å². The van der Waals surface area contributed by atoms with E-state index in [1.54, 1.807) is 25.3 Å². The van der Waals surface area contributed by atoms with E-state index in [1.807, 2.05) is 74.5 Å². The van der Waals surface area contributed by atoms with Gasteiger partial charge in [-0.15, -0.1) is 0 Å². The molecule has 0 bridgehead atoms. The summed E-state index contributed by atoms with van der Waals surface area (Å²) in [4.78, 5) is 29.1. The zero-order valence-corrected chi connectivity index (χ0v) is 24.5. The summed E-state index contributed by atoms with van der Waals surface area (Å²) in [5, 5.41) is 2.93. The molecular weight excluding hydrogens is 526 g/mol. The lowest BCUT2D eigenvalue weighted by Crippen LogP contribution is -2.53. The van der Waals surface area contributed by atoms with Crippen molar-refractivity contribution in [3.8, 4) is 5.75 Å². The second-order valence-corrected chi connectivity index (χ2v) is 11.6. The predicted octanol–water partition coefficient (Wildman–Crippen LogP) is 4.19. The lowest BCUT2D eigenvalue weighted by atomic mass is 10.0. The van der Waals surface area contributed by atoms with E-state index in [0.717, 1.165) is 40.1 Å². The number of hydrogen-bond acceptors (Lipinski definition) is 5. The van der Waals surface area contributed by atoms with E-state index in [0.29, 0.717) is 18.0 Å². The molecule has 3 aromatic rings. The second-order valence-electron chi connectivity index (χ2n) is 9.66. The van der Waals surface area contributed by atoms with Gasteiger partial charge in [0.25, 0.3) is 0 Å². The third-order valence-corrected chi connectivity index (χ3v) is 7.76. The maximum absolute atomic E-state index is 14.1. The summed E-state index contributed by atoms with van der Waals surface area (Å²) in [6.07, 6.45) is 2.90. The fraction of sp³-hybridized carbons (Fsp3) is 0.355. The average molecular weight is 566 g/mol. The molecule has 1 atom stereocenters. The number of nitrogens with zero attached hydrogens (tertiary/aromatic N) is 2. The molecule has 0 aliphatic carbocycles. The lowest BCUT2D eigenvalue weighted by Gasteiger charge is -2.33. The van der Waals surface area contributed by atoms with Gasteiger partial charge < -0.3 is 15.0 Å². The van der Waals surface area contributed by atoms with Crippen molar-refractivity contribution in [2.45, 2.75) is 45.7 Å². The second kappa shape index (κ2) is 14.5. The SMILES string of the molecule is CCCNC(=O)[C@@H](Cc1ccccc1)N(Cc1cccc(OC)c1)C(=O)CN(c1ccc(CC)cc1)S(C)(=O)=O. The van der Waals surface area contributed by atoms with E-state index in [-0.39, 0.29) is 18.9 Å². The van der Waals surface area contributed by atoms with Crippen LogP contribution in [0.2, 0.25) is 0 Å². The molecule has 0 saturated carbocycles. The summed E-state index contributed by atoms with van der Waals surface area (Å²) in [5.41, 5.74) is 3.09. The number of benzene rings is 3. The van der Waals surface area contributed by atoms with Gasteiger partial charge in [0.15, 0.2) is 0 Å². The number of anilines is 1. The number of ether oxygens (including phenoxy) is 1. The lowest BCUT2D eigenvalue weighted by molar-refractivity contribution is -0.140. The van der Waals surface area contributed by atoms with Gasteiger partial charge >= 0.3 is 0 Å². The van der Waals surface area contributed by atoms with E-state index in [4.69, 9.17) is 4.74 Å². The third-order valence-electron chi connectivity index (χ3n) is 6.62. The van der Waals surface area contributed by atoms with Crippen molar-refractivity contribution in [3.63, 3.8) is 0 Å². The van der Waals surface area contributed by atoms with E-state index in [2.05, 4.69) is 5.32 Å². The van der Waals surface area contributed by atoms with E-state index < -0.39 is 28.5 Å². The number of carbonyl (C=O) groups is 2. The first kappa shape index (κ1) is 30.7. The molecule has 0 aliphatic rings. The molecule has 3 rings (SSSR count). The smallest absolute Gasteiger partial charge is 0.244 e. The zero-order chi connectivity index (χ0) is 29.1. The molecule has 2 amide bonds. The van der Waals surface area contributed by atoms with Gasteiger partial charge in [-0.05, 0) is 53.8 Å². The number of aryl methyl sites for hydroxylation is 1. The fourth-order valence-electron chi connectivity index (χ4n) is 4.40. The Bertz CT molecular complexity index is 1360. The van der Waals surface area contributed by atoms with Crippen LogP contribution >= 0.6 is 0 Å². The van der Waals surface area contributed by atoms with Gasteiger partial charge in [-0.3, -0.25) is 13.9 Å². The Hall–Kier alpha value is -3.85. The molecule has 1 N–H and O–H groups in total. The molecule has 0 saturated heterocycles. The first-order valence-electron chi connectivity index (χ1n) is 13.5. The summed E-state index contributed by atoms with van der Waals surface area (Å²) in [7, 11) is -2.24. The highest BCUT2D eigenvalue weighted by Gasteiger charge is 2.33. The molecule has 9 heteroatoms. The number of carbonyl (C=O) groups excluding carboxylic acids is 2. The standard InChI is InChI=1S/C31H39N3O5S/c1-5-19-32-31(36)29(21-25-11-8-7-9-12-25)33(22-26-13-10-14-28(20-26)39-3)30(35)23-34(40(4,37)38)27-17-15-24(6-2)16-18-27/h7-18,20,29H,5-6,19,21-23H2,1-4H3,(H,32,36)/t29-/m1/s1. The van der Waals surface area contributed by atoms with Crippen LogP contribution in [-0.2, 0) is 39.0 Å². The number of hydrogen-bond donors (Lipinski definition) is 1. The minimum Gasteiger partial charge on any atom is -0.497 e. The highest BCUT2D eigenvalue weighted by Crippen LogP contribution is 2.22. The molecule has 3 aromatic carbocycles. The van der Waals surface area contributed by atoms with Gasteiger partial charge in [0.2, 0.25) is 21.8 Å². The van der Waals surface area contributed by atoms with Crippen molar-refractivity contribution in [3.05, 3.63) is 95.6 Å². The van der Waals surface area contributed by atoms with Gasteiger partial charge in [-0.2, -0.15) is 0 Å². The van der Waals surface area contributed by atoms with Crippen LogP contribution in [0.3, 0.4) is 0 Å². The molecule has 8 nitrogen and oxygen atoms in total. The van der Waals surface area contributed by atoms with Gasteiger partial charge in [0.1, 0.15) is 18.3 Å². The van der Waals surface area contributed by atoms with Crippen LogP contribution in [0.1, 0.15) is 37.0 Å². The molecule has 0 fully saturated rings. The van der Waals surface area contributed by atoms with Crippen LogP contribution in [0.15, 0.2) is 78.9 Å². The zero-order valence-electron chi connectivity index (χ0n) is 23.7. The van der Waals surface area contributed by atoms with E-state index >= 15 is 0 Å². The number of nitrogens with one attached hydrogen (secondary N) is 1. The Morgan fingerprint density at radius 1 is 0.900 bits per heavy atom. The molecule has 40 heavy (non-hydrogen) atoms. The van der Waals surface area contributed by atoms with Gasteiger partial charge in [-0.1, -0.05) is 68.4 Å². The van der Waals surface area contributed by atoms with Crippen molar-refractivity contribution in [2.75, 3.05) is 30.8 Å². The Morgan fingerprint density at radius 3 is 2.17 bits per heavy atom. The summed E-state index contributed by atoms with van der Waals surface area (Å²) in [5.74, 6) is -0.158. The average Bonchev–Trinajstić information content (AvgIpc) is 2.96. The van der Waals surface area contributed by atoms with E-state index in [9.17, 15) is 18.0 Å². The molecule has 0 aromatic heterocycles. The van der Waals surface area contributed by atoms with Gasteiger partial charge in [0.05, 0.1) is 19.1 Å². The Balaban J connectivity index is 2.04. The number of amides is 2. The third kappa shape index (κ3) is 8.58. The minimum absolute atomic E-state index is 0.0967. The van der Waals surface area contributed by atoms with Crippen molar-refractivity contribution in [1.82, 2.24) is 10.2 Å². The highest BCUT2D eigenvalue weighted by molar-refractivity contribution is 7.92. The molecule has 0 heterocycles. The van der Waals surface area contributed by atoms with Crippen LogP contribution in [0, 0.1) is 0 Å². The Labute approximate surface area is 238 Å². The maximum Gasteiger partial charge on any atom is 0.244 e. The van der Waals surface area contributed by atoms with Crippen LogP contribution < -0.4 is 14.4 Å². The van der Waals surface area contributed by atoms with Crippen LogP contribution in [-0.4, -0.2) is 57.6 Å². The first-order chi connectivity index (χ1) is 19.2. The van der Waals surface area contributed by atoms with Gasteiger partial charge in [-0.25, -0.2) is 8.42 Å². The quantitative estimate of drug-likeness (QED) is 0.316. The number of rotatable bonds is 14. The summed E-state index contributed by atoms with van der Waals surface area (Å²) >= 11 is 0. The van der Waals surface area contributed by atoms with Crippen LogP contribution in [0.4, 0.5) is 5.69 Å². The molecule has 0 aliphatic heterocycles. The van der Waals surface area contributed by atoms with Crippen molar-refractivity contribution < 1.29 is 22.7 Å². The monoisotopic (exact) mass is 565 g/mol. The van der Waals surface area contributed by atoms with Gasteiger partial charge in [0, 0.05) is 19.5 Å². The van der Waals surface area contributed by atoms with Crippen molar-refractivity contribution >= 4 is 27.5 Å². The molecule has 214 valence electrons. The largest absolute Gasteiger partial charge is 0.497 e. The Morgan fingerprint density at radius 2 is 1.57 bits per heavy atom. The minimum atomic E-state index is -3.80. The van der Waals surface area contributed by atoms with Crippen LogP contribution in [0.5, 0.6) is 5.75 Å². The molecule has 0 radical (unpaired) electrons. The maximum atomic E-state index is 14.1. The Kier molecular flexibility index (Phi) is 11.1. The van der Waals surface area contributed by atoms with Crippen molar-refractivity contribution in [1.29, 1.82) is 0 Å². The molecular formula is C31H39N3O5S. The van der Waals surface area contributed by atoms with Crippen LogP contribution in [0.25, 0.3) is 0 Å². The molecule has 0 unspecified atom stereocenters. The fourth-order valence-corrected chi connectivity index (χ4v) is 5.25. The normalized spacial score (nSPS) is 11.9.